The molecule has 21 heavy (non-hydrogen) atoms. The van der Waals surface area contributed by atoms with Crippen molar-refractivity contribution in [1.29, 1.82) is 0 Å². The Morgan fingerprint density at radius 2 is 2.00 bits per heavy atom. The molecule has 0 atom stereocenters. The molecule has 0 aliphatic carbocycles. The molecule has 0 radical (unpaired) electrons. The van der Waals surface area contributed by atoms with Gasteiger partial charge in [-0.1, -0.05) is 12.1 Å². The first kappa shape index (κ1) is 14.8. The van der Waals surface area contributed by atoms with Gasteiger partial charge >= 0.3 is 0 Å². The summed E-state index contributed by atoms with van der Waals surface area (Å²) in [4.78, 5) is 0. The topological polar surface area (TPSA) is 56.8 Å². The van der Waals surface area contributed by atoms with Crippen LogP contribution in [0.5, 0.6) is 11.5 Å². The first-order valence-corrected chi connectivity index (χ1v) is 6.60. The summed E-state index contributed by atoms with van der Waals surface area (Å²) in [6, 6.07) is 11.7. The Hall–Kier alpha value is -2.56. The average molecular weight is 288 g/mol. The van der Waals surface area contributed by atoms with Crippen LogP contribution in [0.2, 0.25) is 0 Å². The molecule has 2 N–H and O–H groups in total. The molecule has 0 aliphatic rings. The summed E-state index contributed by atoms with van der Waals surface area (Å²) in [7, 11) is 0. The third-order valence-electron chi connectivity index (χ3n) is 2.77. The number of ether oxygens (including phenoxy) is 2. The molecule has 4 nitrogen and oxygen atoms in total. The molecule has 0 amide bonds. The maximum atomic E-state index is 13.1. The van der Waals surface area contributed by atoms with Crippen molar-refractivity contribution in [2.75, 3.05) is 6.61 Å². The molecule has 0 aromatic heterocycles. The first-order chi connectivity index (χ1) is 10.2. The van der Waals surface area contributed by atoms with Crippen LogP contribution in [-0.2, 0) is 6.61 Å². The molecule has 0 spiro atoms. The number of rotatable bonds is 6. The van der Waals surface area contributed by atoms with Gasteiger partial charge in [0.2, 0.25) is 0 Å². The lowest BCUT2D eigenvalue weighted by atomic mass is 10.2. The molecule has 0 aliphatic heterocycles. The zero-order valence-corrected chi connectivity index (χ0v) is 11.8. The number of hydrogen-bond acceptors (Lipinski definition) is 4. The minimum atomic E-state index is -0.282. The molecule has 2 rings (SSSR count). The van der Waals surface area contributed by atoms with E-state index < -0.39 is 0 Å². The minimum absolute atomic E-state index is 0.266. The molecule has 0 heterocycles. The minimum Gasteiger partial charge on any atom is -0.490 e. The first-order valence-electron chi connectivity index (χ1n) is 6.60. The van der Waals surface area contributed by atoms with Crippen molar-refractivity contribution >= 4 is 6.21 Å². The van der Waals surface area contributed by atoms with Crippen LogP contribution in [0.25, 0.3) is 0 Å². The molecule has 0 unspecified atom stereocenters. The van der Waals surface area contributed by atoms with E-state index in [-0.39, 0.29) is 12.4 Å². The van der Waals surface area contributed by atoms with Crippen molar-refractivity contribution in [1.82, 2.24) is 0 Å². The second-order valence-corrected chi connectivity index (χ2v) is 4.34. The molecular weight excluding hydrogens is 271 g/mol. The number of hydrazone groups is 1. The van der Waals surface area contributed by atoms with Gasteiger partial charge in [0.1, 0.15) is 12.4 Å². The van der Waals surface area contributed by atoms with Gasteiger partial charge < -0.3 is 15.3 Å². The van der Waals surface area contributed by atoms with Crippen LogP contribution in [0.4, 0.5) is 4.39 Å². The number of benzene rings is 2. The van der Waals surface area contributed by atoms with E-state index >= 15 is 0 Å². The number of nitrogens with two attached hydrogens (primary N) is 1. The van der Waals surface area contributed by atoms with Gasteiger partial charge in [0.25, 0.3) is 0 Å². The molecule has 2 aromatic rings. The summed E-state index contributed by atoms with van der Waals surface area (Å²) >= 11 is 0. The van der Waals surface area contributed by atoms with Gasteiger partial charge in [0.15, 0.2) is 11.5 Å². The van der Waals surface area contributed by atoms with Gasteiger partial charge in [-0.05, 0) is 48.4 Å². The molecule has 0 fully saturated rings. The van der Waals surface area contributed by atoms with E-state index in [0.717, 1.165) is 11.1 Å². The van der Waals surface area contributed by atoms with Crippen LogP contribution >= 0.6 is 0 Å². The summed E-state index contributed by atoms with van der Waals surface area (Å²) in [5.74, 6) is 6.05. The fourth-order valence-corrected chi connectivity index (χ4v) is 1.87. The van der Waals surface area contributed by atoms with Crippen molar-refractivity contribution in [2.45, 2.75) is 13.5 Å². The Morgan fingerprint density at radius 1 is 1.14 bits per heavy atom. The van der Waals surface area contributed by atoms with Crippen LogP contribution in [0.1, 0.15) is 18.1 Å². The van der Waals surface area contributed by atoms with Crippen molar-refractivity contribution in [3.05, 3.63) is 59.4 Å². The van der Waals surface area contributed by atoms with Crippen molar-refractivity contribution < 1.29 is 13.9 Å². The van der Waals surface area contributed by atoms with E-state index in [1.807, 2.05) is 13.0 Å². The van der Waals surface area contributed by atoms with Crippen molar-refractivity contribution in [2.24, 2.45) is 10.9 Å². The van der Waals surface area contributed by atoms with Gasteiger partial charge in [0, 0.05) is 0 Å². The van der Waals surface area contributed by atoms with Gasteiger partial charge in [-0.15, -0.1) is 0 Å². The van der Waals surface area contributed by atoms with E-state index in [1.165, 1.54) is 18.3 Å². The Morgan fingerprint density at radius 3 is 2.71 bits per heavy atom. The van der Waals surface area contributed by atoms with E-state index in [4.69, 9.17) is 15.3 Å². The van der Waals surface area contributed by atoms with Gasteiger partial charge in [0.05, 0.1) is 12.8 Å². The lowest BCUT2D eigenvalue weighted by molar-refractivity contribution is 0.269. The lowest BCUT2D eigenvalue weighted by Crippen LogP contribution is -2.01. The summed E-state index contributed by atoms with van der Waals surface area (Å²) in [5.41, 5.74) is 1.57. The Bertz CT molecular complexity index is 629. The Kier molecular flexibility index (Phi) is 5.15. The molecule has 2 aromatic carbocycles. The molecule has 0 saturated heterocycles. The fraction of sp³-hybridized carbons (Fsp3) is 0.188. The predicted molar refractivity (Wildman–Crippen MR) is 80.1 cm³/mol. The lowest BCUT2D eigenvalue weighted by Gasteiger charge is -2.12. The molecule has 5 heteroatoms. The van der Waals surface area contributed by atoms with Crippen LogP contribution in [0, 0.1) is 5.82 Å². The SMILES string of the molecule is CCOc1cc(C=NN)ccc1OCc1cccc(F)c1. The Balaban J connectivity index is 2.14. The average Bonchev–Trinajstić information content (AvgIpc) is 2.47. The van der Waals surface area contributed by atoms with Gasteiger partial charge in [-0.3, -0.25) is 0 Å². The highest BCUT2D eigenvalue weighted by atomic mass is 19.1. The Labute approximate surface area is 123 Å². The largest absolute Gasteiger partial charge is 0.490 e. The van der Waals surface area contributed by atoms with Crippen molar-refractivity contribution in [3.63, 3.8) is 0 Å². The zero-order chi connectivity index (χ0) is 15.1. The van der Waals surface area contributed by atoms with Crippen LogP contribution < -0.4 is 15.3 Å². The summed E-state index contributed by atoms with van der Waals surface area (Å²) in [6.45, 7) is 2.67. The summed E-state index contributed by atoms with van der Waals surface area (Å²) in [5, 5.41) is 3.48. The third kappa shape index (κ3) is 4.21. The monoisotopic (exact) mass is 288 g/mol. The quantitative estimate of drug-likeness (QED) is 0.505. The number of nitrogens with zero attached hydrogens (tertiary/aromatic N) is 1. The van der Waals surface area contributed by atoms with E-state index in [2.05, 4.69) is 5.10 Å². The second-order valence-electron chi connectivity index (χ2n) is 4.34. The van der Waals surface area contributed by atoms with E-state index in [0.29, 0.717) is 18.1 Å². The molecule has 0 saturated carbocycles. The standard InChI is InChI=1S/C16H17FN2O2/c1-2-20-16-9-12(10-19-18)6-7-15(16)21-11-13-4-3-5-14(17)8-13/h3-10H,2,11,18H2,1H3. The predicted octanol–water partition coefficient (Wildman–Crippen LogP) is 3.10. The molecule has 110 valence electrons. The summed E-state index contributed by atoms with van der Waals surface area (Å²) < 4.78 is 24.4. The normalized spacial score (nSPS) is 10.8. The van der Waals surface area contributed by atoms with Crippen LogP contribution in [-0.4, -0.2) is 12.8 Å². The van der Waals surface area contributed by atoms with Gasteiger partial charge in [-0.2, -0.15) is 5.10 Å². The third-order valence-corrected chi connectivity index (χ3v) is 2.77. The highest BCUT2D eigenvalue weighted by molar-refractivity contribution is 5.80. The fourth-order valence-electron chi connectivity index (χ4n) is 1.87. The van der Waals surface area contributed by atoms with Crippen molar-refractivity contribution in [3.8, 4) is 11.5 Å². The highest BCUT2D eigenvalue weighted by Crippen LogP contribution is 2.28. The second kappa shape index (κ2) is 7.28. The maximum absolute atomic E-state index is 13.1. The van der Waals surface area contributed by atoms with Gasteiger partial charge in [-0.25, -0.2) is 4.39 Å². The molecule has 0 bridgehead atoms. The number of halogens is 1. The smallest absolute Gasteiger partial charge is 0.161 e. The van der Waals surface area contributed by atoms with Crippen LogP contribution in [0.3, 0.4) is 0 Å². The maximum Gasteiger partial charge on any atom is 0.161 e. The van der Waals surface area contributed by atoms with Crippen LogP contribution in [0.15, 0.2) is 47.6 Å². The van der Waals surface area contributed by atoms with E-state index in [9.17, 15) is 4.39 Å². The highest BCUT2D eigenvalue weighted by Gasteiger charge is 2.06. The zero-order valence-electron chi connectivity index (χ0n) is 11.8. The number of hydrogen-bond donors (Lipinski definition) is 1. The molecular formula is C16H17FN2O2. The summed E-state index contributed by atoms with van der Waals surface area (Å²) in [6.07, 6.45) is 1.53. The van der Waals surface area contributed by atoms with E-state index in [1.54, 1.807) is 24.3 Å².